The van der Waals surface area contributed by atoms with Gasteiger partial charge in [0.25, 0.3) is 0 Å². The van der Waals surface area contributed by atoms with Gasteiger partial charge in [0.1, 0.15) is 5.82 Å². The van der Waals surface area contributed by atoms with E-state index < -0.39 is 0 Å². The lowest BCUT2D eigenvalue weighted by Crippen LogP contribution is -2.09. The first-order valence-corrected chi connectivity index (χ1v) is 6.22. The van der Waals surface area contributed by atoms with Gasteiger partial charge in [-0.25, -0.2) is 9.97 Å². The lowest BCUT2D eigenvalue weighted by molar-refractivity contribution is 0.411. The van der Waals surface area contributed by atoms with Gasteiger partial charge >= 0.3 is 0 Å². The second-order valence-corrected chi connectivity index (χ2v) is 5.77. The van der Waals surface area contributed by atoms with Crippen molar-refractivity contribution in [3.05, 3.63) is 35.8 Å². The van der Waals surface area contributed by atoms with Crippen LogP contribution in [0, 0.1) is 5.41 Å². The van der Waals surface area contributed by atoms with Crippen molar-refractivity contribution in [1.29, 1.82) is 0 Å². The van der Waals surface area contributed by atoms with E-state index in [0.29, 0.717) is 5.41 Å². The maximum absolute atomic E-state index is 4.52. The van der Waals surface area contributed by atoms with Gasteiger partial charge in [-0.1, -0.05) is 33.8 Å². The van der Waals surface area contributed by atoms with E-state index in [9.17, 15) is 0 Å². The molecule has 1 aromatic carbocycles. The van der Waals surface area contributed by atoms with E-state index in [2.05, 4.69) is 55.9 Å². The summed E-state index contributed by atoms with van der Waals surface area (Å²) >= 11 is 0. The van der Waals surface area contributed by atoms with Crippen molar-refractivity contribution in [3.63, 3.8) is 0 Å². The molecular weight excluding hydrogens is 208 g/mol. The molecule has 0 radical (unpaired) electrons. The zero-order valence-corrected chi connectivity index (χ0v) is 11.1. The van der Waals surface area contributed by atoms with Crippen molar-refractivity contribution in [2.75, 3.05) is 0 Å². The van der Waals surface area contributed by atoms with Crippen LogP contribution < -0.4 is 0 Å². The van der Waals surface area contributed by atoms with Crippen LogP contribution in [0.3, 0.4) is 0 Å². The summed E-state index contributed by atoms with van der Waals surface area (Å²) in [5, 5.41) is 1.14. The zero-order chi connectivity index (χ0) is 12.5. The van der Waals surface area contributed by atoms with E-state index in [1.807, 2.05) is 6.20 Å². The molecule has 0 saturated heterocycles. The van der Waals surface area contributed by atoms with Crippen LogP contribution in [0.2, 0.25) is 0 Å². The highest BCUT2D eigenvalue weighted by Crippen LogP contribution is 2.22. The molecule has 0 aliphatic heterocycles. The predicted octanol–water partition coefficient (Wildman–Crippen LogP) is 3.78. The molecule has 1 heterocycles. The summed E-state index contributed by atoms with van der Waals surface area (Å²) in [6.45, 7) is 8.85. The van der Waals surface area contributed by atoms with Crippen LogP contribution in [0.1, 0.15) is 39.1 Å². The number of aryl methyl sites for hydroxylation is 1. The molecule has 0 unspecified atom stereocenters. The van der Waals surface area contributed by atoms with E-state index in [4.69, 9.17) is 0 Å². The van der Waals surface area contributed by atoms with Gasteiger partial charge in [-0.05, 0) is 29.5 Å². The quantitative estimate of drug-likeness (QED) is 0.781. The molecule has 0 fully saturated rings. The number of benzene rings is 1. The van der Waals surface area contributed by atoms with E-state index in [0.717, 1.165) is 29.6 Å². The van der Waals surface area contributed by atoms with Gasteiger partial charge in [-0.15, -0.1) is 0 Å². The Hall–Kier alpha value is -1.44. The molecule has 17 heavy (non-hydrogen) atoms. The summed E-state index contributed by atoms with van der Waals surface area (Å²) in [6, 6.07) is 6.50. The molecule has 0 aliphatic carbocycles. The molecule has 2 nitrogen and oxygen atoms in total. The van der Waals surface area contributed by atoms with Crippen LogP contribution in [-0.2, 0) is 12.8 Å². The van der Waals surface area contributed by atoms with Crippen molar-refractivity contribution >= 4 is 10.9 Å². The van der Waals surface area contributed by atoms with Crippen molar-refractivity contribution in [1.82, 2.24) is 9.97 Å². The highest BCUT2D eigenvalue weighted by Gasteiger charge is 2.11. The molecule has 2 heteroatoms. The lowest BCUT2D eigenvalue weighted by atomic mass is 9.88. The smallest absolute Gasteiger partial charge is 0.128 e. The van der Waals surface area contributed by atoms with E-state index in [-0.39, 0.29) is 0 Å². The number of nitrogens with zero attached hydrogens (tertiary/aromatic N) is 2. The van der Waals surface area contributed by atoms with Gasteiger partial charge in [0.15, 0.2) is 0 Å². The first-order chi connectivity index (χ1) is 7.98. The first-order valence-electron chi connectivity index (χ1n) is 6.22. The zero-order valence-electron chi connectivity index (χ0n) is 11.1. The van der Waals surface area contributed by atoms with Gasteiger partial charge < -0.3 is 0 Å². The van der Waals surface area contributed by atoms with Crippen molar-refractivity contribution < 1.29 is 0 Å². The maximum atomic E-state index is 4.52. The SMILES string of the molecule is CCc1ncc2cc(CC(C)(C)C)ccc2n1. The average molecular weight is 228 g/mol. The highest BCUT2D eigenvalue weighted by molar-refractivity contribution is 5.78. The Morgan fingerprint density at radius 2 is 1.94 bits per heavy atom. The van der Waals surface area contributed by atoms with Crippen LogP contribution in [0.5, 0.6) is 0 Å². The number of aromatic nitrogens is 2. The normalized spacial score (nSPS) is 12.0. The van der Waals surface area contributed by atoms with Crippen LogP contribution in [0.15, 0.2) is 24.4 Å². The Morgan fingerprint density at radius 1 is 1.18 bits per heavy atom. The minimum absolute atomic E-state index is 0.317. The molecule has 0 amide bonds. The molecule has 2 rings (SSSR count). The summed E-state index contributed by atoms with van der Waals surface area (Å²) in [5.41, 5.74) is 2.73. The Balaban J connectivity index is 2.38. The van der Waals surface area contributed by atoms with Crippen LogP contribution in [0.25, 0.3) is 10.9 Å². The summed E-state index contributed by atoms with van der Waals surface area (Å²) < 4.78 is 0. The second kappa shape index (κ2) is 4.44. The highest BCUT2D eigenvalue weighted by atomic mass is 14.9. The molecule has 0 aliphatic rings. The fourth-order valence-electron chi connectivity index (χ4n) is 2.01. The molecular formula is C15H20N2. The molecule has 0 bridgehead atoms. The van der Waals surface area contributed by atoms with Gasteiger partial charge in [0.2, 0.25) is 0 Å². The largest absolute Gasteiger partial charge is 0.241 e. The Labute approximate surface area is 103 Å². The second-order valence-electron chi connectivity index (χ2n) is 5.77. The summed E-state index contributed by atoms with van der Waals surface area (Å²) in [4.78, 5) is 8.87. The van der Waals surface area contributed by atoms with E-state index >= 15 is 0 Å². The molecule has 0 N–H and O–H groups in total. The minimum Gasteiger partial charge on any atom is -0.241 e. The van der Waals surface area contributed by atoms with Gasteiger partial charge in [-0.3, -0.25) is 0 Å². The topological polar surface area (TPSA) is 25.8 Å². The maximum Gasteiger partial charge on any atom is 0.128 e. The standard InChI is InChI=1S/C15H20N2/c1-5-14-16-10-12-8-11(9-15(2,3)4)6-7-13(12)17-14/h6-8,10H,5,9H2,1-4H3. The summed E-state index contributed by atoms with van der Waals surface area (Å²) in [7, 11) is 0. The van der Waals surface area contributed by atoms with Crippen molar-refractivity contribution in [2.24, 2.45) is 5.41 Å². The van der Waals surface area contributed by atoms with Crippen LogP contribution >= 0.6 is 0 Å². The number of hydrogen-bond acceptors (Lipinski definition) is 2. The van der Waals surface area contributed by atoms with Gasteiger partial charge in [0, 0.05) is 18.0 Å². The number of hydrogen-bond donors (Lipinski definition) is 0. The predicted molar refractivity (Wildman–Crippen MR) is 72.1 cm³/mol. The molecule has 0 saturated carbocycles. The molecule has 1 aromatic heterocycles. The Morgan fingerprint density at radius 3 is 2.59 bits per heavy atom. The van der Waals surface area contributed by atoms with Gasteiger partial charge in [0.05, 0.1) is 5.52 Å². The third kappa shape index (κ3) is 3.02. The van der Waals surface area contributed by atoms with Crippen LogP contribution in [-0.4, -0.2) is 9.97 Å². The summed E-state index contributed by atoms with van der Waals surface area (Å²) in [6.07, 6.45) is 3.91. The molecule has 0 spiro atoms. The average Bonchev–Trinajstić information content (AvgIpc) is 2.26. The fourth-order valence-corrected chi connectivity index (χ4v) is 2.01. The Kier molecular flexibility index (Phi) is 3.14. The lowest BCUT2D eigenvalue weighted by Gasteiger charge is -2.18. The monoisotopic (exact) mass is 228 g/mol. The van der Waals surface area contributed by atoms with Crippen molar-refractivity contribution in [2.45, 2.75) is 40.5 Å². The fraction of sp³-hybridized carbons (Fsp3) is 0.467. The van der Waals surface area contributed by atoms with Crippen LogP contribution in [0.4, 0.5) is 0 Å². The molecule has 0 atom stereocenters. The summed E-state index contributed by atoms with van der Waals surface area (Å²) in [5.74, 6) is 0.918. The van der Waals surface area contributed by atoms with E-state index in [1.54, 1.807) is 0 Å². The van der Waals surface area contributed by atoms with E-state index in [1.165, 1.54) is 5.56 Å². The third-order valence-corrected chi connectivity index (χ3v) is 2.74. The third-order valence-electron chi connectivity index (χ3n) is 2.74. The molecule has 90 valence electrons. The number of fused-ring (bicyclic) bond motifs is 1. The van der Waals surface area contributed by atoms with Crippen molar-refractivity contribution in [3.8, 4) is 0 Å². The molecule has 2 aromatic rings. The number of rotatable bonds is 2. The Bertz CT molecular complexity index is 524. The first kappa shape index (κ1) is 12.0. The van der Waals surface area contributed by atoms with Gasteiger partial charge in [-0.2, -0.15) is 0 Å². The minimum atomic E-state index is 0.317.